The zero-order chi connectivity index (χ0) is 25.8. The molecule has 1 aliphatic rings. The van der Waals surface area contributed by atoms with Gasteiger partial charge in [-0.25, -0.2) is 8.78 Å². The summed E-state index contributed by atoms with van der Waals surface area (Å²) < 4.78 is 37.8. The molecular formula is C25H17ClF2N2O4S2. The number of hydrogen-bond donors (Lipinski definition) is 1. The van der Waals surface area contributed by atoms with Crippen LogP contribution in [0.1, 0.15) is 5.56 Å². The van der Waals surface area contributed by atoms with Crippen LogP contribution in [0.25, 0.3) is 6.08 Å². The van der Waals surface area contributed by atoms with Crippen LogP contribution in [-0.2, 0) is 9.59 Å². The van der Waals surface area contributed by atoms with E-state index in [0.29, 0.717) is 37.7 Å². The van der Waals surface area contributed by atoms with Gasteiger partial charge in [0, 0.05) is 5.69 Å². The molecule has 1 saturated heterocycles. The number of nitrogens with zero attached hydrogens (tertiary/aromatic N) is 1. The number of methoxy groups -OCH3 is 1. The summed E-state index contributed by atoms with van der Waals surface area (Å²) >= 11 is 12.2. The van der Waals surface area contributed by atoms with Gasteiger partial charge in [0.1, 0.15) is 11.6 Å². The third-order valence-corrected chi connectivity index (χ3v) is 6.52. The van der Waals surface area contributed by atoms with Crippen molar-refractivity contribution in [3.63, 3.8) is 0 Å². The van der Waals surface area contributed by atoms with Gasteiger partial charge in [0.15, 0.2) is 22.4 Å². The van der Waals surface area contributed by atoms with Gasteiger partial charge in [-0.15, -0.1) is 0 Å². The third kappa shape index (κ3) is 5.84. The lowest BCUT2D eigenvalue weighted by Crippen LogP contribution is -2.27. The second kappa shape index (κ2) is 11.1. The number of carbonyl (C=O) groups is 2. The number of nitrogens with one attached hydrogen (secondary N) is 1. The Balaban J connectivity index is 1.44. The number of thiocarbonyl (C=S) groups is 1. The Bertz CT molecular complexity index is 1380. The van der Waals surface area contributed by atoms with Crippen LogP contribution in [0.3, 0.4) is 0 Å². The average Bonchev–Trinajstić information content (AvgIpc) is 3.13. The maximum atomic E-state index is 13.3. The summed E-state index contributed by atoms with van der Waals surface area (Å²) in [6.45, 7) is -0.332. The maximum absolute atomic E-state index is 13.3. The first kappa shape index (κ1) is 25.6. The Morgan fingerprint density at radius 1 is 1.11 bits per heavy atom. The van der Waals surface area contributed by atoms with Gasteiger partial charge in [-0.2, -0.15) is 0 Å². The summed E-state index contributed by atoms with van der Waals surface area (Å²) in [4.78, 5) is 26.9. The largest absolute Gasteiger partial charge is 0.493 e. The molecule has 0 bridgehead atoms. The highest BCUT2D eigenvalue weighted by atomic mass is 35.5. The molecule has 1 fully saturated rings. The molecule has 4 rings (SSSR count). The zero-order valence-electron chi connectivity index (χ0n) is 18.6. The molecule has 3 aromatic carbocycles. The van der Waals surface area contributed by atoms with E-state index in [1.165, 1.54) is 48.4 Å². The molecule has 0 aliphatic carbocycles. The number of ether oxygens (including phenoxy) is 2. The van der Waals surface area contributed by atoms with Gasteiger partial charge < -0.3 is 14.8 Å². The van der Waals surface area contributed by atoms with Crippen molar-refractivity contribution in [3.8, 4) is 11.5 Å². The van der Waals surface area contributed by atoms with Crippen molar-refractivity contribution in [2.75, 3.05) is 23.9 Å². The van der Waals surface area contributed by atoms with E-state index >= 15 is 0 Å². The smallest absolute Gasteiger partial charge is 0.270 e. The predicted octanol–water partition coefficient (Wildman–Crippen LogP) is 6.05. The molecule has 0 unspecified atom stereocenters. The highest BCUT2D eigenvalue weighted by Crippen LogP contribution is 2.37. The first-order valence-corrected chi connectivity index (χ1v) is 11.9. The van der Waals surface area contributed by atoms with Crippen molar-refractivity contribution in [2.45, 2.75) is 0 Å². The topological polar surface area (TPSA) is 67.9 Å². The third-order valence-electron chi connectivity index (χ3n) is 4.93. The van der Waals surface area contributed by atoms with Gasteiger partial charge in [0.25, 0.3) is 11.8 Å². The summed E-state index contributed by atoms with van der Waals surface area (Å²) in [5, 5.41) is 2.45. The summed E-state index contributed by atoms with van der Waals surface area (Å²) in [6.07, 6.45) is 1.65. The summed E-state index contributed by atoms with van der Waals surface area (Å²) in [6, 6.07) is 14.3. The lowest BCUT2D eigenvalue weighted by Gasteiger charge is -2.14. The number of amides is 2. The second-order valence-electron chi connectivity index (χ2n) is 7.37. The van der Waals surface area contributed by atoms with Crippen molar-refractivity contribution in [1.82, 2.24) is 0 Å². The Morgan fingerprint density at radius 3 is 2.56 bits per heavy atom. The van der Waals surface area contributed by atoms with Crippen LogP contribution >= 0.6 is 35.6 Å². The molecule has 11 heteroatoms. The number of anilines is 2. The number of rotatable bonds is 7. The molecule has 0 spiro atoms. The number of benzene rings is 3. The Labute approximate surface area is 219 Å². The first-order valence-electron chi connectivity index (χ1n) is 10.3. The second-order valence-corrected chi connectivity index (χ2v) is 9.45. The molecule has 184 valence electrons. The number of halogens is 3. The van der Waals surface area contributed by atoms with Crippen LogP contribution in [0, 0.1) is 11.6 Å². The zero-order valence-corrected chi connectivity index (χ0v) is 21.0. The lowest BCUT2D eigenvalue weighted by atomic mass is 10.2. The van der Waals surface area contributed by atoms with E-state index in [1.54, 1.807) is 24.3 Å². The molecule has 6 nitrogen and oxygen atoms in total. The van der Waals surface area contributed by atoms with E-state index in [2.05, 4.69) is 5.32 Å². The minimum Gasteiger partial charge on any atom is -0.493 e. The fourth-order valence-electron chi connectivity index (χ4n) is 3.24. The quantitative estimate of drug-likeness (QED) is 0.287. The van der Waals surface area contributed by atoms with Gasteiger partial charge in [-0.05, 0) is 66.2 Å². The summed E-state index contributed by atoms with van der Waals surface area (Å²) in [5.41, 5.74) is 1.45. The number of hydrogen-bond acceptors (Lipinski definition) is 6. The van der Waals surface area contributed by atoms with E-state index < -0.39 is 17.5 Å². The monoisotopic (exact) mass is 546 g/mol. The van der Waals surface area contributed by atoms with E-state index in [-0.39, 0.29) is 17.5 Å². The van der Waals surface area contributed by atoms with Crippen LogP contribution in [0.2, 0.25) is 5.02 Å². The van der Waals surface area contributed by atoms with Crippen LogP contribution in [0.15, 0.2) is 65.6 Å². The first-order chi connectivity index (χ1) is 17.2. The summed E-state index contributed by atoms with van der Waals surface area (Å²) in [5.74, 6) is -1.15. The SMILES string of the molecule is COc1cc(/C=C2\SC(=S)N(c3ccc(F)cc3)C2=O)ccc1OCC(=O)Nc1ccc(F)c(Cl)c1. The van der Waals surface area contributed by atoms with Crippen molar-refractivity contribution >= 4 is 69.2 Å². The highest BCUT2D eigenvalue weighted by Gasteiger charge is 2.33. The molecule has 1 aliphatic heterocycles. The minimum absolute atomic E-state index is 0.111. The maximum Gasteiger partial charge on any atom is 0.270 e. The van der Waals surface area contributed by atoms with Crippen LogP contribution in [0.5, 0.6) is 11.5 Å². The summed E-state index contributed by atoms with van der Waals surface area (Å²) in [7, 11) is 1.45. The van der Waals surface area contributed by atoms with Crippen LogP contribution in [-0.4, -0.2) is 29.9 Å². The van der Waals surface area contributed by atoms with E-state index in [0.717, 1.165) is 17.8 Å². The molecule has 3 aromatic rings. The average molecular weight is 547 g/mol. The van der Waals surface area contributed by atoms with Gasteiger partial charge in [-0.1, -0.05) is 41.6 Å². The van der Waals surface area contributed by atoms with E-state index in [4.69, 9.17) is 33.3 Å². The Kier molecular flexibility index (Phi) is 7.88. The van der Waals surface area contributed by atoms with Crippen molar-refractivity contribution in [3.05, 3.63) is 87.8 Å². The Morgan fingerprint density at radius 2 is 1.86 bits per heavy atom. The standard InChI is InChI=1S/C25H17ClF2N2O4S2/c1-33-21-10-14(11-22-24(32)30(25(35)36-22)17-6-3-15(27)4-7-17)2-9-20(21)34-13-23(31)29-16-5-8-19(28)18(26)12-16/h2-12H,13H2,1H3,(H,29,31)/b22-11-. The van der Waals surface area contributed by atoms with Gasteiger partial charge in [0.2, 0.25) is 0 Å². The molecule has 36 heavy (non-hydrogen) atoms. The van der Waals surface area contributed by atoms with Crippen molar-refractivity contribution < 1.29 is 27.8 Å². The highest BCUT2D eigenvalue weighted by molar-refractivity contribution is 8.27. The van der Waals surface area contributed by atoms with Gasteiger partial charge >= 0.3 is 0 Å². The number of carbonyl (C=O) groups excluding carboxylic acids is 2. The minimum atomic E-state index is -0.589. The predicted molar refractivity (Wildman–Crippen MR) is 141 cm³/mol. The van der Waals surface area contributed by atoms with Gasteiger partial charge in [-0.3, -0.25) is 14.5 Å². The lowest BCUT2D eigenvalue weighted by molar-refractivity contribution is -0.118. The molecule has 0 aromatic heterocycles. The normalized spacial score (nSPS) is 14.3. The van der Waals surface area contributed by atoms with E-state index in [1.807, 2.05) is 0 Å². The molecule has 0 radical (unpaired) electrons. The van der Waals surface area contributed by atoms with Crippen LogP contribution in [0.4, 0.5) is 20.2 Å². The van der Waals surface area contributed by atoms with Crippen LogP contribution < -0.4 is 19.7 Å². The van der Waals surface area contributed by atoms with Crippen molar-refractivity contribution in [2.24, 2.45) is 0 Å². The molecule has 0 atom stereocenters. The van der Waals surface area contributed by atoms with Crippen molar-refractivity contribution in [1.29, 1.82) is 0 Å². The molecular weight excluding hydrogens is 530 g/mol. The molecule has 1 N–H and O–H groups in total. The fourth-order valence-corrected chi connectivity index (χ4v) is 4.72. The molecule has 1 heterocycles. The van der Waals surface area contributed by atoms with E-state index in [9.17, 15) is 18.4 Å². The van der Waals surface area contributed by atoms with Gasteiger partial charge in [0.05, 0.1) is 22.7 Å². The molecule has 0 saturated carbocycles. The molecule has 2 amide bonds. The number of thioether (sulfide) groups is 1. The Hall–Kier alpha value is -3.47. The fraction of sp³-hybridized carbons (Fsp3) is 0.0800.